The molecule has 0 saturated heterocycles. The van der Waals surface area contributed by atoms with E-state index in [1.54, 1.807) is 0 Å². The van der Waals surface area contributed by atoms with E-state index in [-0.39, 0.29) is 12.4 Å². The average molecular weight is 267 g/mol. The van der Waals surface area contributed by atoms with Gasteiger partial charge in [0.1, 0.15) is 5.82 Å². The first-order valence-electron chi connectivity index (χ1n) is 6.52. The highest BCUT2D eigenvalue weighted by Gasteiger charge is 2.12. The minimum atomic E-state index is 0. The molecule has 2 nitrogen and oxygen atoms in total. The molecule has 100 valence electrons. The Morgan fingerprint density at radius 3 is 2.33 bits per heavy atom. The van der Waals surface area contributed by atoms with E-state index in [0.29, 0.717) is 11.8 Å². The molecule has 0 spiro atoms. The SMILES string of the molecule is CC(C)Cc1nc2ccccc2n1CC(C)C.Cl. The Hall–Kier alpha value is -1.02. The molecule has 1 aromatic carbocycles. The number of halogens is 1. The largest absolute Gasteiger partial charge is 0.328 e. The van der Waals surface area contributed by atoms with Gasteiger partial charge in [0.25, 0.3) is 0 Å². The van der Waals surface area contributed by atoms with Crippen LogP contribution in [-0.4, -0.2) is 9.55 Å². The molecule has 0 aliphatic carbocycles. The Bertz CT molecular complexity index is 500. The van der Waals surface area contributed by atoms with Gasteiger partial charge in [-0.15, -0.1) is 12.4 Å². The highest BCUT2D eigenvalue weighted by Crippen LogP contribution is 2.19. The van der Waals surface area contributed by atoms with Crippen LogP contribution in [0.15, 0.2) is 24.3 Å². The standard InChI is InChI=1S/C15H22N2.ClH/c1-11(2)9-15-16-13-7-5-6-8-14(13)17(15)10-12(3)4;/h5-8,11-12H,9-10H2,1-4H3;1H. The van der Waals surface area contributed by atoms with Gasteiger partial charge in [-0.3, -0.25) is 0 Å². The van der Waals surface area contributed by atoms with E-state index in [2.05, 4.69) is 56.5 Å². The molecule has 0 aliphatic rings. The molecule has 0 aliphatic heterocycles. The zero-order valence-electron chi connectivity index (χ0n) is 11.7. The van der Waals surface area contributed by atoms with E-state index in [1.165, 1.54) is 11.3 Å². The van der Waals surface area contributed by atoms with E-state index in [0.717, 1.165) is 18.5 Å². The number of hydrogen-bond acceptors (Lipinski definition) is 1. The van der Waals surface area contributed by atoms with Crippen LogP contribution in [0.25, 0.3) is 11.0 Å². The smallest absolute Gasteiger partial charge is 0.110 e. The normalized spacial score (nSPS) is 11.2. The van der Waals surface area contributed by atoms with Crippen molar-refractivity contribution < 1.29 is 0 Å². The molecule has 0 atom stereocenters. The summed E-state index contributed by atoms with van der Waals surface area (Å²) in [6.45, 7) is 10.1. The number of benzene rings is 1. The summed E-state index contributed by atoms with van der Waals surface area (Å²) < 4.78 is 2.39. The van der Waals surface area contributed by atoms with Crippen molar-refractivity contribution in [3.05, 3.63) is 30.1 Å². The predicted molar refractivity (Wildman–Crippen MR) is 80.4 cm³/mol. The van der Waals surface area contributed by atoms with Gasteiger partial charge in [0.05, 0.1) is 11.0 Å². The van der Waals surface area contributed by atoms with Crippen LogP contribution in [0.3, 0.4) is 0 Å². The van der Waals surface area contributed by atoms with E-state index in [4.69, 9.17) is 4.98 Å². The minimum absolute atomic E-state index is 0. The van der Waals surface area contributed by atoms with Crippen LogP contribution in [0.2, 0.25) is 0 Å². The second kappa shape index (κ2) is 6.24. The Morgan fingerprint density at radius 1 is 1.06 bits per heavy atom. The topological polar surface area (TPSA) is 17.8 Å². The molecular formula is C15H23ClN2. The number of hydrogen-bond donors (Lipinski definition) is 0. The van der Waals surface area contributed by atoms with Crippen molar-refractivity contribution in [3.8, 4) is 0 Å². The zero-order chi connectivity index (χ0) is 12.4. The Morgan fingerprint density at radius 2 is 1.72 bits per heavy atom. The van der Waals surface area contributed by atoms with Crippen LogP contribution in [0.1, 0.15) is 33.5 Å². The lowest BCUT2D eigenvalue weighted by molar-refractivity contribution is 0.499. The summed E-state index contributed by atoms with van der Waals surface area (Å²) in [5.74, 6) is 2.53. The molecule has 2 rings (SSSR count). The Labute approximate surface area is 116 Å². The highest BCUT2D eigenvalue weighted by molar-refractivity contribution is 5.85. The van der Waals surface area contributed by atoms with Gasteiger partial charge in [-0.05, 0) is 24.0 Å². The molecule has 0 amide bonds. The third kappa shape index (κ3) is 3.26. The lowest BCUT2D eigenvalue weighted by atomic mass is 10.1. The number of aromatic nitrogens is 2. The van der Waals surface area contributed by atoms with Gasteiger partial charge in [0.2, 0.25) is 0 Å². The fourth-order valence-electron chi connectivity index (χ4n) is 2.22. The first kappa shape index (κ1) is 15.0. The van der Waals surface area contributed by atoms with Gasteiger partial charge in [0.15, 0.2) is 0 Å². The van der Waals surface area contributed by atoms with E-state index < -0.39 is 0 Å². The highest BCUT2D eigenvalue weighted by atomic mass is 35.5. The van der Waals surface area contributed by atoms with Gasteiger partial charge in [-0.25, -0.2) is 4.98 Å². The fourth-order valence-corrected chi connectivity index (χ4v) is 2.22. The molecule has 0 fully saturated rings. The van der Waals surface area contributed by atoms with Gasteiger partial charge < -0.3 is 4.57 Å². The van der Waals surface area contributed by atoms with E-state index >= 15 is 0 Å². The maximum atomic E-state index is 4.77. The lowest BCUT2D eigenvalue weighted by Gasteiger charge is -2.12. The summed E-state index contributed by atoms with van der Waals surface area (Å²) in [7, 11) is 0. The van der Waals surface area contributed by atoms with Crippen LogP contribution >= 0.6 is 12.4 Å². The van der Waals surface area contributed by atoms with Crippen LogP contribution < -0.4 is 0 Å². The number of nitrogens with zero attached hydrogens (tertiary/aromatic N) is 2. The maximum Gasteiger partial charge on any atom is 0.110 e. The van der Waals surface area contributed by atoms with Gasteiger partial charge >= 0.3 is 0 Å². The molecule has 0 unspecified atom stereocenters. The maximum absolute atomic E-state index is 4.77. The summed E-state index contributed by atoms with van der Waals surface area (Å²) in [5, 5.41) is 0. The average Bonchev–Trinajstić information content (AvgIpc) is 2.55. The van der Waals surface area contributed by atoms with Crippen molar-refractivity contribution in [2.75, 3.05) is 0 Å². The molecule has 0 saturated carbocycles. The van der Waals surface area contributed by atoms with Gasteiger partial charge in [-0.2, -0.15) is 0 Å². The summed E-state index contributed by atoms with van der Waals surface area (Å²) in [6.07, 6.45) is 1.06. The Kier molecular flexibility index (Phi) is 5.21. The monoisotopic (exact) mass is 266 g/mol. The van der Waals surface area contributed by atoms with Crippen molar-refractivity contribution in [2.45, 2.75) is 40.7 Å². The van der Waals surface area contributed by atoms with Crippen LogP contribution in [0.4, 0.5) is 0 Å². The minimum Gasteiger partial charge on any atom is -0.328 e. The predicted octanol–water partition coefficient (Wildman–Crippen LogP) is 4.31. The van der Waals surface area contributed by atoms with E-state index in [9.17, 15) is 0 Å². The lowest BCUT2D eigenvalue weighted by Crippen LogP contribution is -2.10. The number of para-hydroxylation sites is 2. The molecule has 0 N–H and O–H groups in total. The Balaban J connectivity index is 0.00000162. The van der Waals surface area contributed by atoms with Crippen molar-refractivity contribution in [2.24, 2.45) is 11.8 Å². The number of fused-ring (bicyclic) bond motifs is 1. The summed E-state index contributed by atoms with van der Waals surface area (Å²) >= 11 is 0. The zero-order valence-corrected chi connectivity index (χ0v) is 12.5. The molecule has 0 bridgehead atoms. The summed E-state index contributed by atoms with van der Waals surface area (Å²) in [4.78, 5) is 4.77. The van der Waals surface area contributed by atoms with Crippen molar-refractivity contribution in [1.82, 2.24) is 9.55 Å². The molecule has 1 aromatic heterocycles. The third-order valence-electron chi connectivity index (χ3n) is 2.87. The number of rotatable bonds is 4. The fraction of sp³-hybridized carbons (Fsp3) is 0.533. The van der Waals surface area contributed by atoms with Crippen molar-refractivity contribution in [3.63, 3.8) is 0 Å². The summed E-state index contributed by atoms with van der Waals surface area (Å²) in [5.41, 5.74) is 2.40. The summed E-state index contributed by atoms with van der Waals surface area (Å²) in [6, 6.07) is 8.44. The third-order valence-corrected chi connectivity index (χ3v) is 2.87. The quantitative estimate of drug-likeness (QED) is 0.806. The van der Waals surface area contributed by atoms with Gasteiger partial charge in [-0.1, -0.05) is 39.8 Å². The second-order valence-corrected chi connectivity index (χ2v) is 5.62. The van der Waals surface area contributed by atoms with Crippen molar-refractivity contribution in [1.29, 1.82) is 0 Å². The molecular weight excluding hydrogens is 244 g/mol. The van der Waals surface area contributed by atoms with Crippen LogP contribution in [-0.2, 0) is 13.0 Å². The number of imidazole rings is 1. The van der Waals surface area contributed by atoms with Crippen LogP contribution in [0.5, 0.6) is 0 Å². The van der Waals surface area contributed by atoms with Crippen molar-refractivity contribution >= 4 is 23.4 Å². The molecule has 3 heteroatoms. The molecule has 2 aromatic rings. The molecule has 0 radical (unpaired) electrons. The molecule has 1 heterocycles. The van der Waals surface area contributed by atoms with Gasteiger partial charge in [0, 0.05) is 13.0 Å². The molecule has 18 heavy (non-hydrogen) atoms. The van der Waals surface area contributed by atoms with E-state index in [1.807, 2.05) is 0 Å². The first-order chi connectivity index (χ1) is 8.08. The first-order valence-corrected chi connectivity index (χ1v) is 6.52. The second-order valence-electron chi connectivity index (χ2n) is 5.62. The van der Waals surface area contributed by atoms with Crippen LogP contribution in [0, 0.1) is 11.8 Å².